The smallest absolute Gasteiger partial charge is 0.137 e. The summed E-state index contributed by atoms with van der Waals surface area (Å²) in [5.41, 5.74) is 0.491. The predicted molar refractivity (Wildman–Crippen MR) is 73.5 cm³/mol. The number of aliphatic hydroxyl groups is 1. The van der Waals surface area contributed by atoms with Crippen LogP contribution in [0.2, 0.25) is 0 Å². The number of aliphatic hydroxyl groups excluding tert-OH is 1. The molecule has 1 aromatic carbocycles. The first kappa shape index (κ1) is 13.7. The fourth-order valence-corrected chi connectivity index (χ4v) is 2.31. The van der Waals surface area contributed by atoms with Crippen molar-refractivity contribution in [2.75, 3.05) is 6.61 Å². The largest absolute Gasteiger partial charge is 0.394 e. The Morgan fingerprint density at radius 2 is 2.05 bits per heavy atom. The molecule has 0 aliphatic rings. The highest BCUT2D eigenvalue weighted by Gasteiger charge is 2.32. The Kier molecular flexibility index (Phi) is 4.29. The van der Waals surface area contributed by atoms with Crippen molar-refractivity contribution in [3.05, 3.63) is 48.5 Å². The van der Waals surface area contributed by atoms with Gasteiger partial charge in [-0.15, -0.1) is 0 Å². The molecule has 0 aliphatic carbocycles. The standard InChI is InChI=1S/C14H20N4O/c1-12(2)17-14(9-19,8-18-11-15-10-16-18)13-6-4-3-5-7-13/h3-7,10-12,17,19H,8-9H2,1-2H3. The average molecular weight is 260 g/mol. The minimum absolute atomic E-state index is 0.00491. The number of aromatic nitrogens is 3. The van der Waals surface area contributed by atoms with Crippen molar-refractivity contribution in [2.24, 2.45) is 0 Å². The molecule has 5 heteroatoms. The van der Waals surface area contributed by atoms with Gasteiger partial charge in [0.1, 0.15) is 12.7 Å². The van der Waals surface area contributed by atoms with Gasteiger partial charge in [0.15, 0.2) is 0 Å². The lowest BCUT2D eigenvalue weighted by atomic mass is 9.89. The average Bonchev–Trinajstić information content (AvgIpc) is 2.91. The molecule has 19 heavy (non-hydrogen) atoms. The van der Waals surface area contributed by atoms with Gasteiger partial charge in [0.25, 0.3) is 0 Å². The summed E-state index contributed by atoms with van der Waals surface area (Å²) in [5.74, 6) is 0. The lowest BCUT2D eigenvalue weighted by Crippen LogP contribution is -2.51. The fourth-order valence-electron chi connectivity index (χ4n) is 2.31. The monoisotopic (exact) mass is 260 g/mol. The van der Waals surface area contributed by atoms with Crippen LogP contribution in [0.5, 0.6) is 0 Å². The van der Waals surface area contributed by atoms with Crippen LogP contribution in [-0.2, 0) is 12.1 Å². The number of nitrogens with zero attached hydrogens (tertiary/aromatic N) is 3. The molecule has 102 valence electrons. The van der Waals surface area contributed by atoms with E-state index in [1.54, 1.807) is 11.0 Å². The Morgan fingerprint density at radius 1 is 1.32 bits per heavy atom. The van der Waals surface area contributed by atoms with Crippen molar-refractivity contribution in [2.45, 2.75) is 32.0 Å². The number of rotatable bonds is 6. The van der Waals surface area contributed by atoms with E-state index in [1.165, 1.54) is 6.33 Å². The van der Waals surface area contributed by atoms with Gasteiger partial charge in [-0.25, -0.2) is 4.98 Å². The second kappa shape index (κ2) is 5.95. The third-order valence-electron chi connectivity index (χ3n) is 3.06. The van der Waals surface area contributed by atoms with Crippen LogP contribution in [0.3, 0.4) is 0 Å². The molecule has 2 rings (SSSR count). The van der Waals surface area contributed by atoms with Crippen molar-refractivity contribution in [3.8, 4) is 0 Å². The summed E-state index contributed by atoms with van der Waals surface area (Å²) >= 11 is 0. The van der Waals surface area contributed by atoms with Crippen LogP contribution < -0.4 is 5.32 Å². The molecule has 0 amide bonds. The van der Waals surface area contributed by atoms with Crippen LogP contribution in [0.4, 0.5) is 0 Å². The van der Waals surface area contributed by atoms with Crippen molar-refractivity contribution in [1.29, 1.82) is 0 Å². The molecule has 0 bridgehead atoms. The van der Waals surface area contributed by atoms with Gasteiger partial charge >= 0.3 is 0 Å². The number of nitrogens with one attached hydrogen (secondary N) is 1. The van der Waals surface area contributed by atoms with Crippen LogP contribution >= 0.6 is 0 Å². The normalized spacial score (nSPS) is 14.5. The second-order valence-electron chi connectivity index (χ2n) is 5.00. The summed E-state index contributed by atoms with van der Waals surface area (Å²) in [5, 5.41) is 17.5. The topological polar surface area (TPSA) is 63.0 Å². The molecule has 0 aliphatic heterocycles. The van der Waals surface area contributed by atoms with E-state index in [-0.39, 0.29) is 12.6 Å². The zero-order valence-corrected chi connectivity index (χ0v) is 11.3. The van der Waals surface area contributed by atoms with E-state index in [0.29, 0.717) is 6.54 Å². The van der Waals surface area contributed by atoms with Crippen LogP contribution in [0.25, 0.3) is 0 Å². The lowest BCUT2D eigenvalue weighted by Gasteiger charge is -2.35. The molecular weight excluding hydrogens is 240 g/mol. The lowest BCUT2D eigenvalue weighted by molar-refractivity contribution is 0.128. The Balaban J connectivity index is 2.36. The Labute approximate surface area is 113 Å². The highest BCUT2D eigenvalue weighted by molar-refractivity contribution is 5.24. The maximum atomic E-state index is 9.95. The van der Waals surface area contributed by atoms with Gasteiger partial charge in [0.2, 0.25) is 0 Å². The van der Waals surface area contributed by atoms with Crippen LogP contribution in [-0.4, -0.2) is 32.5 Å². The van der Waals surface area contributed by atoms with E-state index in [9.17, 15) is 5.11 Å². The molecule has 5 nitrogen and oxygen atoms in total. The summed E-state index contributed by atoms with van der Waals surface area (Å²) in [6.07, 6.45) is 3.16. The van der Waals surface area contributed by atoms with Crippen LogP contribution in [0, 0.1) is 0 Å². The molecule has 0 fully saturated rings. The van der Waals surface area contributed by atoms with Gasteiger partial charge in [-0.1, -0.05) is 30.3 Å². The van der Waals surface area contributed by atoms with Gasteiger partial charge in [0.05, 0.1) is 18.7 Å². The maximum absolute atomic E-state index is 9.95. The SMILES string of the molecule is CC(C)NC(CO)(Cn1cncn1)c1ccccc1. The fraction of sp³-hybridized carbons (Fsp3) is 0.429. The molecule has 1 aromatic heterocycles. The molecule has 0 saturated heterocycles. The van der Waals surface area contributed by atoms with Crippen LogP contribution in [0.1, 0.15) is 19.4 Å². The summed E-state index contributed by atoms with van der Waals surface area (Å²) in [6, 6.07) is 10.2. The molecule has 1 unspecified atom stereocenters. The van der Waals surface area contributed by atoms with Crippen molar-refractivity contribution < 1.29 is 5.11 Å². The zero-order chi connectivity index (χ0) is 13.7. The quantitative estimate of drug-likeness (QED) is 0.818. The highest BCUT2D eigenvalue weighted by Crippen LogP contribution is 2.23. The number of hydrogen-bond acceptors (Lipinski definition) is 4. The van der Waals surface area contributed by atoms with Crippen LogP contribution in [0.15, 0.2) is 43.0 Å². The first-order valence-electron chi connectivity index (χ1n) is 6.43. The zero-order valence-electron chi connectivity index (χ0n) is 11.3. The van der Waals surface area contributed by atoms with Gasteiger partial charge in [-0.05, 0) is 19.4 Å². The third kappa shape index (κ3) is 3.19. The number of benzene rings is 1. The van der Waals surface area contributed by atoms with Gasteiger partial charge in [-0.3, -0.25) is 4.68 Å². The van der Waals surface area contributed by atoms with E-state index in [0.717, 1.165) is 5.56 Å². The third-order valence-corrected chi connectivity index (χ3v) is 3.06. The van der Waals surface area contributed by atoms with E-state index in [2.05, 4.69) is 29.2 Å². The molecular formula is C14H20N4O. The molecule has 0 saturated carbocycles. The summed E-state index contributed by atoms with van der Waals surface area (Å²) < 4.78 is 1.73. The summed E-state index contributed by atoms with van der Waals surface area (Å²) in [6.45, 7) is 4.66. The van der Waals surface area contributed by atoms with E-state index in [1.807, 2.05) is 30.3 Å². The molecule has 1 heterocycles. The second-order valence-corrected chi connectivity index (χ2v) is 5.00. The van der Waals surface area contributed by atoms with Gasteiger partial charge in [0, 0.05) is 6.04 Å². The van der Waals surface area contributed by atoms with Crippen molar-refractivity contribution in [3.63, 3.8) is 0 Å². The summed E-state index contributed by atoms with van der Waals surface area (Å²) in [4.78, 5) is 3.96. The molecule has 1 atom stereocenters. The number of hydrogen-bond donors (Lipinski definition) is 2. The predicted octanol–water partition coefficient (Wildman–Crippen LogP) is 1.16. The molecule has 0 radical (unpaired) electrons. The van der Waals surface area contributed by atoms with E-state index >= 15 is 0 Å². The van der Waals surface area contributed by atoms with E-state index < -0.39 is 5.54 Å². The minimum Gasteiger partial charge on any atom is -0.394 e. The molecule has 2 N–H and O–H groups in total. The van der Waals surface area contributed by atoms with E-state index in [4.69, 9.17) is 0 Å². The molecule has 0 spiro atoms. The maximum Gasteiger partial charge on any atom is 0.137 e. The highest BCUT2D eigenvalue weighted by atomic mass is 16.3. The first-order chi connectivity index (χ1) is 9.16. The minimum atomic E-state index is -0.552. The van der Waals surface area contributed by atoms with Crippen molar-refractivity contribution >= 4 is 0 Å². The molecule has 2 aromatic rings. The van der Waals surface area contributed by atoms with Gasteiger partial charge < -0.3 is 10.4 Å². The summed E-state index contributed by atoms with van der Waals surface area (Å²) in [7, 11) is 0. The Hall–Kier alpha value is -1.72. The Bertz CT molecular complexity index is 483. The van der Waals surface area contributed by atoms with Gasteiger partial charge in [-0.2, -0.15) is 5.10 Å². The first-order valence-corrected chi connectivity index (χ1v) is 6.43. The Morgan fingerprint density at radius 3 is 2.58 bits per heavy atom. The van der Waals surface area contributed by atoms with Crippen molar-refractivity contribution in [1.82, 2.24) is 20.1 Å².